The maximum atomic E-state index is 7.25. The fourth-order valence-corrected chi connectivity index (χ4v) is 20.3. The van der Waals surface area contributed by atoms with Crippen molar-refractivity contribution in [3.8, 4) is 0 Å². The van der Waals surface area contributed by atoms with Crippen molar-refractivity contribution < 1.29 is 25.6 Å². The van der Waals surface area contributed by atoms with E-state index in [-0.39, 0.29) is 0 Å². The van der Waals surface area contributed by atoms with Crippen molar-refractivity contribution >= 4 is 55.2 Å². The Bertz CT molecular complexity index is 962. The summed E-state index contributed by atoms with van der Waals surface area (Å²) in [5, 5.41) is 1.91. The minimum Gasteiger partial charge on any atom is -0.418 e. The maximum absolute atomic E-state index is 7.25. The zero-order valence-electron chi connectivity index (χ0n) is 26.1. The molecule has 6 nitrogen and oxygen atoms in total. The van der Waals surface area contributed by atoms with E-state index >= 15 is 0 Å². The Morgan fingerprint density at radius 2 is 0.846 bits per heavy atom. The van der Waals surface area contributed by atoms with Crippen molar-refractivity contribution in [2.24, 2.45) is 0 Å². The highest BCUT2D eigenvalue weighted by molar-refractivity contribution is 7.19. The van der Waals surface area contributed by atoms with E-state index in [2.05, 4.69) is 0 Å². The molecule has 0 aromatic heterocycles. The molecule has 0 bridgehead atoms. The first-order valence-electron chi connectivity index (χ1n) is 13.5. The van der Waals surface area contributed by atoms with Crippen LogP contribution in [0, 0.1) is 0 Å². The normalized spacial score (nSPS) is 14.5. The minimum absolute atomic E-state index is 0.595. The maximum Gasteiger partial charge on any atom is 0.671 e. The van der Waals surface area contributed by atoms with Crippen molar-refractivity contribution in [1.29, 1.82) is 0 Å². The molecule has 0 aliphatic carbocycles. The van der Waals surface area contributed by atoms with Crippen LogP contribution < -0.4 is 10.4 Å². The average molecular weight is 629 g/mol. The Kier molecular flexibility index (Phi) is 10.9. The molecule has 39 heavy (non-hydrogen) atoms. The van der Waals surface area contributed by atoms with Crippen molar-refractivity contribution in [2.45, 2.75) is 105 Å². The number of hydrogen-bond donors (Lipinski definition) is 0. The van der Waals surface area contributed by atoms with Crippen LogP contribution >= 0.6 is 11.1 Å². The van der Waals surface area contributed by atoms with Crippen LogP contribution in [-0.2, 0) is 25.6 Å². The lowest BCUT2D eigenvalue weighted by molar-refractivity contribution is -0.117. The Balaban J connectivity index is 2.75. The van der Waals surface area contributed by atoms with Gasteiger partial charge in [0.15, 0.2) is 0 Å². The van der Waals surface area contributed by atoms with E-state index < -0.39 is 50.6 Å². The molecule has 0 saturated carbocycles. The third kappa shape index (κ3) is 11.6. The molecule has 11 heteroatoms. The predicted molar refractivity (Wildman–Crippen MR) is 170 cm³/mol. The molecule has 0 unspecified atom stereocenters. The third-order valence-electron chi connectivity index (χ3n) is 4.75. The molecule has 0 fully saturated rings. The second-order valence-electron chi connectivity index (χ2n) is 13.6. The first-order chi connectivity index (χ1) is 17.5. The first kappa shape index (κ1) is 34.6. The minimum atomic E-state index is -3.82. The van der Waals surface area contributed by atoms with E-state index in [9.17, 15) is 0 Å². The van der Waals surface area contributed by atoms with Crippen molar-refractivity contribution in [3.05, 3.63) is 60.7 Å². The predicted octanol–water partition coefficient (Wildman–Crippen LogP) is 6.82. The Labute approximate surface area is 246 Å². The lowest BCUT2D eigenvalue weighted by Gasteiger charge is -2.46. The van der Waals surface area contributed by atoms with Crippen LogP contribution in [0.2, 0.25) is 26.2 Å². The highest BCUT2D eigenvalue weighted by Crippen LogP contribution is 2.34. The summed E-state index contributed by atoms with van der Waals surface area (Å²) in [7, 11) is -13.0. The molecular weight excluding hydrogens is 580 g/mol. The second-order valence-corrected chi connectivity index (χ2v) is 28.3. The highest BCUT2D eigenvalue weighted by Gasteiger charge is 2.60. The quantitative estimate of drug-likeness (QED) is 0.201. The molecule has 0 atom stereocenters. The summed E-state index contributed by atoms with van der Waals surface area (Å²) in [5.74, 6) is 0. The van der Waals surface area contributed by atoms with Crippen LogP contribution in [0.25, 0.3) is 0 Å². The zero-order chi connectivity index (χ0) is 30.0. The third-order valence-corrected chi connectivity index (χ3v) is 19.4. The lowest BCUT2D eigenvalue weighted by Crippen LogP contribution is -2.72. The molecule has 2 rings (SSSR count). The summed E-state index contributed by atoms with van der Waals surface area (Å²) >= 11 is 6.92. The van der Waals surface area contributed by atoms with Gasteiger partial charge in [0.1, 0.15) is 0 Å². The summed E-state index contributed by atoms with van der Waals surface area (Å²) in [6.07, 6.45) is 0. The number of rotatable bonds is 11. The number of benzene rings is 2. The lowest BCUT2D eigenvalue weighted by atomic mass is 10.2. The molecule has 0 aliphatic rings. The summed E-state index contributed by atoms with van der Waals surface area (Å²) < 4.78 is 41.0. The van der Waals surface area contributed by atoms with Gasteiger partial charge in [-0.3, -0.25) is 0 Å². The largest absolute Gasteiger partial charge is 0.671 e. The standard InChI is InChI=1S/C28H49ClO6Si4/c1-26(2,3)30-39(31-27(4,5)6,32-28(7,8)9)35-37(12,13)34-38(33-36(10,11)29,24-20-16-14-17-21-24)25-22-18-15-19-23-25/h14-23H,1-13H3. The molecule has 0 spiro atoms. The van der Waals surface area contributed by atoms with Crippen LogP contribution in [0.3, 0.4) is 0 Å². The molecule has 0 heterocycles. The Morgan fingerprint density at radius 1 is 0.513 bits per heavy atom. The van der Waals surface area contributed by atoms with E-state index in [1.54, 1.807) is 0 Å². The molecule has 0 aliphatic heterocycles. The van der Waals surface area contributed by atoms with Gasteiger partial charge in [0.05, 0.1) is 16.8 Å². The fourth-order valence-electron chi connectivity index (χ4n) is 4.00. The van der Waals surface area contributed by atoms with Crippen molar-refractivity contribution in [1.82, 2.24) is 0 Å². The van der Waals surface area contributed by atoms with Gasteiger partial charge in [-0.1, -0.05) is 60.7 Å². The van der Waals surface area contributed by atoms with E-state index in [1.807, 2.05) is 149 Å². The molecule has 0 N–H and O–H groups in total. The van der Waals surface area contributed by atoms with Crippen LogP contribution in [0.4, 0.5) is 0 Å². The summed E-state index contributed by atoms with van der Waals surface area (Å²) in [6, 6.07) is 20.2. The van der Waals surface area contributed by atoms with E-state index in [0.717, 1.165) is 10.4 Å². The molecule has 2 aromatic carbocycles. The summed E-state index contributed by atoms with van der Waals surface area (Å²) in [6.45, 7) is 25.7. The second kappa shape index (κ2) is 12.3. The SMILES string of the molecule is CC(C)(C)O[Si](OC(C)(C)C)(OC(C)(C)C)O[Si](C)(C)O[Si](O[Si](C)(C)Cl)(c1ccccc1)c1ccccc1. The molecule has 0 amide bonds. The van der Waals surface area contributed by atoms with E-state index in [0.29, 0.717) is 0 Å². The van der Waals surface area contributed by atoms with Crippen LogP contribution in [-0.4, -0.2) is 50.6 Å². The number of halogens is 1. The average Bonchev–Trinajstić information content (AvgIpc) is 2.68. The van der Waals surface area contributed by atoms with Gasteiger partial charge >= 0.3 is 26.2 Å². The van der Waals surface area contributed by atoms with Gasteiger partial charge in [-0.2, -0.15) is 0 Å². The van der Waals surface area contributed by atoms with Gasteiger partial charge in [0, 0.05) is 0 Å². The molecule has 220 valence electrons. The molecular formula is C28H49ClO6Si4. The van der Waals surface area contributed by atoms with Gasteiger partial charge in [-0.25, -0.2) is 0 Å². The van der Waals surface area contributed by atoms with Crippen molar-refractivity contribution in [3.63, 3.8) is 0 Å². The van der Waals surface area contributed by atoms with E-state index in [1.165, 1.54) is 0 Å². The molecule has 0 radical (unpaired) electrons. The first-order valence-corrected chi connectivity index (χ1v) is 23.6. The van der Waals surface area contributed by atoms with Crippen LogP contribution in [0.15, 0.2) is 60.7 Å². The van der Waals surface area contributed by atoms with Crippen LogP contribution in [0.5, 0.6) is 0 Å². The topological polar surface area (TPSA) is 55.4 Å². The highest BCUT2D eigenvalue weighted by atomic mass is 35.6. The van der Waals surface area contributed by atoms with Gasteiger partial charge in [-0.15, -0.1) is 11.1 Å². The van der Waals surface area contributed by atoms with Gasteiger partial charge in [0.2, 0.25) is 0 Å². The Morgan fingerprint density at radius 3 is 1.13 bits per heavy atom. The monoisotopic (exact) mass is 628 g/mol. The van der Waals surface area contributed by atoms with Gasteiger partial charge in [0.25, 0.3) is 7.63 Å². The summed E-state index contributed by atoms with van der Waals surface area (Å²) in [5.41, 5.74) is -1.79. The van der Waals surface area contributed by atoms with Crippen LogP contribution in [0.1, 0.15) is 62.3 Å². The van der Waals surface area contributed by atoms with Gasteiger partial charge in [-0.05, 0) is 98.9 Å². The number of hydrogen-bond acceptors (Lipinski definition) is 6. The summed E-state index contributed by atoms with van der Waals surface area (Å²) in [4.78, 5) is 0. The fraction of sp³-hybridized carbons (Fsp3) is 0.571. The molecule has 0 saturated heterocycles. The molecule has 2 aromatic rings. The van der Waals surface area contributed by atoms with Gasteiger partial charge < -0.3 is 25.6 Å². The van der Waals surface area contributed by atoms with Crippen molar-refractivity contribution in [2.75, 3.05) is 0 Å². The van der Waals surface area contributed by atoms with E-state index in [4.69, 9.17) is 36.7 Å². The zero-order valence-corrected chi connectivity index (χ0v) is 30.9. The Hall–Kier alpha value is -0.642. The smallest absolute Gasteiger partial charge is 0.418 e.